The topological polar surface area (TPSA) is 0 Å². The summed E-state index contributed by atoms with van der Waals surface area (Å²) in [6.07, 6.45) is 0. The van der Waals surface area contributed by atoms with Crippen molar-refractivity contribution in [2.75, 3.05) is 0 Å². The maximum absolute atomic E-state index is 10.8. The van der Waals surface area contributed by atoms with Gasteiger partial charge in [-0.25, -0.2) is 0 Å². The molecule has 0 amide bonds. The molecule has 0 aromatic rings. The highest BCUT2D eigenvalue weighted by Crippen LogP contribution is 2.51. The largest absolute Gasteiger partial charge is 0.240 e. The third-order valence-electron chi connectivity index (χ3n) is 0. The second kappa shape index (κ2) is 2.61. The van der Waals surface area contributed by atoms with Crippen LogP contribution in [0.4, 0.5) is 4.20 Å². The smallest absolute Gasteiger partial charge is 0.197 e. The SMILES string of the molecule is FP(Cl)I. The second-order valence-corrected chi connectivity index (χ2v) is 5.72. The average molecular weight is 212 g/mol. The molecule has 4 heteroatoms. The van der Waals surface area contributed by atoms with Gasteiger partial charge in [-0.05, 0) is 11.2 Å². The lowest BCUT2D eigenvalue weighted by Crippen LogP contribution is -0.983. The fourth-order valence-electron chi connectivity index (χ4n) is 0. The molecule has 0 radical (unpaired) electrons. The van der Waals surface area contributed by atoms with Crippen molar-refractivity contribution in [1.29, 1.82) is 0 Å². The molecular weight excluding hydrogens is 212 g/mol. The van der Waals surface area contributed by atoms with Gasteiger partial charge >= 0.3 is 0 Å². The van der Waals surface area contributed by atoms with Crippen LogP contribution in [-0.4, -0.2) is 0 Å². The number of halogens is 3. The van der Waals surface area contributed by atoms with Crippen LogP contribution in [0.15, 0.2) is 0 Å². The minimum absolute atomic E-state index is 1.51. The van der Waals surface area contributed by atoms with E-state index in [4.69, 9.17) is 0 Å². The van der Waals surface area contributed by atoms with E-state index in [9.17, 15) is 4.20 Å². The molecule has 1 unspecified atom stereocenters. The van der Waals surface area contributed by atoms with Gasteiger partial charge in [0.15, 0.2) is 0 Å². The van der Waals surface area contributed by atoms with Gasteiger partial charge in [0, 0.05) is 22.0 Å². The van der Waals surface area contributed by atoms with Crippen LogP contribution in [0.3, 0.4) is 0 Å². The van der Waals surface area contributed by atoms with Crippen molar-refractivity contribution in [2.24, 2.45) is 0 Å². The summed E-state index contributed by atoms with van der Waals surface area (Å²) >= 11 is 6.17. The lowest BCUT2D eigenvalue weighted by molar-refractivity contribution is 0.933. The van der Waals surface area contributed by atoms with Gasteiger partial charge in [0.2, 0.25) is 5.23 Å². The predicted octanol–water partition coefficient (Wildman–Crippen LogP) is 2.86. The summed E-state index contributed by atoms with van der Waals surface area (Å²) in [6.45, 7) is 0. The summed E-state index contributed by atoms with van der Waals surface area (Å²) in [5.74, 6) is 0. The molecule has 0 aromatic carbocycles. The van der Waals surface area contributed by atoms with E-state index < -0.39 is 5.23 Å². The molecule has 0 heterocycles. The Balaban J connectivity index is 2.32. The maximum atomic E-state index is 10.8. The van der Waals surface area contributed by atoms with E-state index in [1.54, 1.807) is 0 Å². The van der Waals surface area contributed by atoms with Crippen molar-refractivity contribution >= 4 is 38.5 Å². The van der Waals surface area contributed by atoms with E-state index in [0.717, 1.165) is 0 Å². The van der Waals surface area contributed by atoms with Gasteiger partial charge in [0.25, 0.3) is 0 Å². The molecule has 1 atom stereocenters. The molecule has 0 spiro atoms. The molecule has 0 aliphatic carbocycles. The number of rotatable bonds is 0. The fourth-order valence-corrected chi connectivity index (χ4v) is 0. The van der Waals surface area contributed by atoms with E-state index in [0.29, 0.717) is 0 Å². The summed E-state index contributed by atoms with van der Waals surface area (Å²) in [7, 11) is 0. The quantitative estimate of drug-likeness (QED) is 0.428. The Kier molecular flexibility index (Phi) is 3.51. The van der Waals surface area contributed by atoms with Crippen molar-refractivity contribution in [3.8, 4) is 0 Å². The Bertz CT molecular complexity index is 12.8. The zero-order valence-corrected chi connectivity index (χ0v) is 5.39. The van der Waals surface area contributed by atoms with Crippen molar-refractivity contribution in [3.05, 3.63) is 0 Å². The first kappa shape index (κ1) is 5.38. The highest BCUT2D eigenvalue weighted by Gasteiger charge is 1.82. The standard InChI is InChI=1S/ClFIP/c1-4(2)3. The van der Waals surface area contributed by atoms with Crippen LogP contribution in [-0.2, 0) is 0 Å². The van der Waals surface area contributed by atoms with E-state index >= 15 is 0 Å². The van der Waals surface area contributed by atoms with Crippen LogP contribution in [0.1, 0.15) is 0 Å². The van der Waals surface area contributed by atoms with Gasteiger partial charge in [-0.15, -0.1) is 0 Å². The molecule has 0 aliphatic heterocycles. The van der Waals surface area contributed by atoms with E-state index in [-0.39, 0.29) is 0 Å². The molecule has 0 N–H and O–H groups in total. The van der Waals surface area contributed by atoms with Gasteiger partial charge in [-0.1, -0.05) is 0 Å². The minimum Gasteiger partial charge on any atom is -0.197 e. The van der Waals surface area contributed by atoms with E-state index in [1.165, 1.54) is 22.0 Å². The first-order valence-electron chi connectivity index (χ1n) is 0.507. The van der Waals surface area contributed by atoms with Gasteiger partial charge in [0.1, 0.15) is 0 Å². The minimum atomic E-state index is -1.68. The Morgan fingerprint density at radius 2 is 2.00 bits per heavy atom. The Hall–Kier alpha value is 1.38. The van der Waals surface area contributed by atoms with Crippen molar-refractivity contribution < 1.29 is 4.20 Å². The monoisotopic (exact) mass is 212 g/mol. The van der Waals surface area contributed by atoms with Crippen molar-refractivity contribution in [1.82, 2.24) is 0 Å². The number of hydrogen-bond acceptors (Lipinski definition) is 0. The lowest BCUT2D eigenvalue weighted by Gasteiger charge is -1.66. The molecule has 0 aromatic heterocycles. The molecule has 0 bridgehead atoms. The van der Waals surface area contributed by atoms with Gasteiger partial charge in [-0.2, -0.15) is 4.20 Å². The van der Waals surface area contributed by atoms with Crippen molar-refractivity contribution in [2.45, 2.75) is 0 Å². The third-order valence-corrected chi connectivity index (χ3v) is 0. The summed E-state index contributed by atoms with van der Waals surface area (Å²) in [5.41, 5.74) is 0. The Labute approximate surface area is 42.9 Å². The first-order valence-corrected chi connectivity index (χ1v) is 5.43. The normalized spacial score (nSPS) is 15.8. The van der Waals surface area contributed by atoms with Crippen LogP contribution < -0.4 is 0 Å². The van der Waals surface area contributed by atoms with E-state index in [1.807, 2.05) is 0 Å². The molecule has 0 fully saturated rings. The van der Waals surface area contributed by atoms with E-state index in [2.05, 4.69) is 11.2 Å². The summed E-state index contributed by atoms with van der Waals surface area (Å²) in [6, 6.07) is 0. The highest BCUT2D eigenvalue weighted by molar-refractivity contribution is 14.2. The molecule has 0 saturated carbocycles. The van der Waals surface area contributed by atoms with Crippen LogP contribution in [0.5, 0.6) is 0 Å². The summed E-state index contributed by atoms with van der Waals surface area (Å²) < 4.78 is 10.8. The third kappa shape index (κ3) is 10.1. The molecule has 0 nitrogen and oxygen atoms in total. The average Bonchev–Trinajstić information content (AvgIpc) is 0.811. The Morgan fingerprint density at radius 3 is 2.00 bits per heavy atom. The van der Waals surface area contributed by atoms with Crippen LogP contribution in [0, 0.1) is 0 Å². The second-order valence-electron chi connectivity index (χ2n) is 0.192. The van der Waals surface area contributed by atoms with Gasteiger partial charge < -0.3 is 0 Å². The molecule has 26 valence electrons. The lowest BCUT2D eigenvalue weighted by atomic mass is 18.9. The molecule has 0 rings (SSSR count). The highest BCUT2D eigenvalue weighted by atomic mass is 127. The van der Waals surface area contributed by atoms with Crippen molar-refractivity contribution in [3.63, 3.8) is 0 Å². The molecule has 0 aliphatic rings. The maximum Gasteiger partial charge on any atom is 0.240 e. The fraction of sp³-hybridized carbons (Fsp3) is 0. The van der Waals surface area contributed by atoms with Crippen LogP contribution in [0.25, 0.3) is 0 Å². The first-order chi connectivity index (χ1) is 1.73. The van der Waals surface area contributed by atoms with Gasteiger partial charge in [-0.3, -0.25) is 0 Å². The zero-order valence-electron chi connectivity index (χ0n) is 1.58. The van der Waals surface area contributed by atoms with Crippen LogP contribution in [0.2, 0.25) is 0 Å². The van der Waals surface area contributed by atoms with Crippen LogP contribution >= 0.6 is 38.5 Å². The Morgan fingerprint density at radius 1 is 2.00 bits per heavy atom. The van der Waals surface area contributed by atoms with Gasteiger partial charge in [0.05, 0.1) is 0 Å². The molecular formula is ClFIP. The summed E-state index contributed by atoms with van der Waals surface area (Å²) in [5, 5.41) is -1.68. The number of hydrogen-bond donors (Lipinski definition) is 0. The molecule has 0 saturated heterocycles. The molecule has 4 heavy (non-hydrogen) atoms. The predicted molar refractivity (Wildman–Crippen MR) is 27.9 cm³/mol. The summed E-state index contributed by atoms with van der Waals surface area (Å²) in [4.78, 5) is 0. The zero-order chi connectivity index (χ0) is 3.58.